The molecule has 0 radical (unpaired) electrons. The molecular weight excluding hydrogens is 286 g/mol. The van der Waals surface area contributed by atoms with Gasteiger partial charge in [0.1, 0.15) is 5.82 Å². The molecule has 0 fully saturated rings. The highest BCUT2D eigenvalue weighted by Gasteiger charge is 2.27. The molecule has 1 amide bonds. The standard InChI is InChI=1S/C14H19N5OS/c1-9-10(2)19-6-5-18(8-12(19)16-9)11(3)13(20)17-14-15-4-7-21-14/h4,7,11H,5-6,8H2,1-3H3,(H,15,17,20)/t11-/m0/s1. The number of carbonyl (C=O) groups excluding carboxylic acids is 1. The number of amides is 1. The molecule has 0 spiro atoms. The second kappa shape index (κ2) is 5.57. The molecule has 7 heteroatoms. The van der Waals surface area contributed by atoms with E-state index in [4.69, 9.17) is 0 Å². The van der Waals surface area contributed by atoms with Crippen LogP contribution in [-0.4, -0.2) is 37.9 Å². The minimum absolute atomic E-state index is 0.0154. The number of fused-ring (bicyclic) bond motifs is 1. The number of rotatable bonds is 3. The monoisotopic (exact) mass is 305 g/mol. The van der Waals surface area contributed by atoms with Gasteiger partial charge in [0.15, 0.2) is 5.13 Å². The van der Waals surface area contributed by atoms with E-state index >= 15 is 0 Å². The van der Waals surface area contributed by atoms with Gasteiger partial charge in [0.05, 0.1) is 18.3 Å². The number of nitrogens with one attached hydrogen (secondary N) is 1. The first-order chi connectivity index (χ1) is 10.1. The molecule has 2 aromatic heterocycles. The smallest absolute Gasteiger partial charge is 0.243 e. The van der Waals surface area contributed by atoms with E-state index in [9.17, 15) is 4.79 Å². The van der Waals surface area contributed by atoms with Crippen molar-refractivity contribution < 1.29 is 4.79 Å². The normalized spacial score (nSPS) is 16.5. The molecule has 1 atom stereocenters. The van der Waals surface area contributed by atoms with Crippen LogP contribution in [0.1, 0.15) is 24.1 Å². The maximum Gasteiger partial charge on any atom is 0.243 e. The molecule has 21 heavy (non-hydrogen) atoms. The largest absolute Gasteiger partial charge is 0.330 e. The Kier molecular flexibility index (Phi) is 3.77. The summed E-state index contributed by atoms with van der Waals surface area (Å²) in [7, 11) is 0. The van der Waals surface area contributed by atoms with Crippen LogP contribution in [0.2, 0.25) is 0 Å². The number of imidazole rings is 1. The van der Waals surface area contributed by atoms with Crippen molar-refractivity contribution in [3.63, 3.8) is 0 Å². The minimum atomic E-state index is -0.194. The Morgan fingerprint density at radius 1 is 1.43 bits per heavy atom. The lowest BCUT2D eigenvalue weighted by molar-refractivity contribution is -0.121. The van der Waals surface area contributed by atoms with E-state index in [-0.39, 0.29) is 11.9 Å². The van der Waals surface area contributed by atoms with Crippen LogP contribution >= 0.6 is 11.3 Å². The van der Waals surface area contributed by atoms with Crippen LogP contribution in [-0.2, 0) is 17.9 Å². The second-order valence-corrected chi connectivity index (χ2v) is 6.22. The SMILES string of the molecule is Cc1nc2n(c1C)CCN([C@@H](C)C(=O)Nc1nccs1)C2. The van der Waals surface area contributed by atoms with Crippen molar-refractivity contribution in [2.45, 2.75) is 39.9 Å². The maximum atomic E-state index is 12.3. The Hall–Kier alpha value is -1.73. The zero-order valence-corrected chi connectivity index (χ0v) is 13.3. The van der Waals surface area contributed by atoms with Gasteiger partial charge in [-0.1, -0.05) is 0 Å². The van der Waals surface area contributed by atoms with Gasteiger partial charge in [-0.25, -0.2) is 9.97 Å². The predicted molar refractivity (Wildman–Crippen MR) is 82.3 cm³/mol. The van der Waals surface area contributed by atoms with Crippen molar-refractivity contribution in [3.05, 3.63) is 28.8 Å². The molecule has 0 aromatic carbocycles. The van der Waals surface area contributed by atoms with Crippen LogP contribution in [0, 0.1) is 13.8 Å². The number of anilines is 1. The number of hydrogen-bond donors (Lipinski definition) is 1. The number of thiazole rings is 1. The fourth-order valence-electron chi connectivity index (χ4n) is 2.62. The van der Waals surface area contributed by atoms with Crippen molar-refractivity contribution in [1.29, 1.82) is 0 Å². The lowest BCUT2D eigenvalue weighted by Crippen LogP contribution is -2.46. The summed E-state index contributed by atoms with van der Waals surface area (Å²) >= 11 is 1.43. The molecular formula is C14H19N5OS. The third kappa shape index (κ3) is 2.71. The Bertz CT molecular complexity index is 649. The summed E-state index contributed by atoms with van der Waals surface area (Å²) < 4.78 is 2.25. The fourth-order valence-corrected chi connectivity index (χ4v) is 3.15. The molecule has 2 aromatic rings. The van der Waals surface area contributed by atoms with Crippen molar-refractivity contribution in [1.82, 2.24) is 19.4 Å². The summed E-state index contributed by atoms with van der Waals surface area (Å²) in [6.45, 7) is 8.51. The highest BCUT2D eigenvalue weighted by Crippen LogP contribution is 2.19. The highest BCUT2D eigenvalue weighted by atomic mass is 32.1. The van der Waals surface area contributed by atoms with Crippen LogP contribution in [0.3, 0.4) is 0 Å². The molecule has 3 heterocycles. The summed E-state index contributed by atoms with van der Waals surface area (Å²) in [4.78, 5) is 23.1. The van der Waals surface area contributed by atoms with Crippen molar-refractivity contribution in [2.75, 3.05) is 11.9 Å². The molecule has 0 bridgehead atoms. The summed E-state index contributed by atoms with van der Waals surface area (Å²) in [5, 5.41) is 5.36. The van der Waals surface area contributed by atoms with Crippen LogP contribution < -0.4 is 5.32 Å². The Morgan fingerprint density at radius 3 is 2.95 bits per heavy atom. The lowest BCUT2D eigenvalue weighted by atomic mass is 10.2. The van der Waals surface area contributed by atoms with E-state index in [1.807, 2.05) is 19.2 Å². The topological polar surface area (TPSA) is 63.1 Å². The van der Waals surface area contributed by atoms with Gasteiger partial charge >= 0.3 is 0 Å². The van der Waals surface area contributed by atoms with Gasteiger partial charge in [0.2, 0.25) is 5.91 Å². The number of carbonyl (C=O) groups is 1. The van der Waals surface area contributed by atoms with Gasteiger partial charge in [-0.2, -0.15) is 0 Å². The van der Waals surface area contributed by atoms with Crippen molar-refractivity contribution in [2.24, 2.45) is 0 Å². The van der Waals surface area contributed by atoms with Gasteiger partial charge in [-0.15, -0.1) is 11.3 Å². The average molecular weight is 305 g/mol. The summed E-state index contributed by atoms with van der Waals surface area (Å²) in [5.74, 6) is 1.03. The van der Waals surface area contributed by atoms with Crippen LogP contribution in [0.25, 0.3) is 0 Å². The lowest BCUT2D eigenvalue weighted by Gasteiger charge is -2.32. The van der Waals surface area contributed by atoms with E-state index in [0.29, 0.717) is 11.7 Å². The van der Waals surface area contributed by atoms with Gasteiger partial charge in [0, 0.05) is 30.4 Å². The third-order valence-electron chi connectivity index (χ3n) is 4.08. The second-order valence-electron chi connectivity index (χ2n) is 5.32. The first-order valence-corrected chi connectivity index (χ1v) is 7.91. The molecule has 1 aliphatic heterocycles. The molecule has 1 N–H and O–H groups in total. The van der Waals surface area contributed by atoms with Gasteiger partial charge in [-0.3, -0.25) is 9.69 Å². The molecule has 1 aliphatic rings. The first kappa shape index (κ1) is 14.2. The minimum Gasteiger partial charge on any atom is -0.330 e. The molecule has 0 unspecified atom stereocenters. The summed E-state index contributed by atoms with van der Waals surface area (Å²) in [6.07, 6.45) is 1.69. The van der Waals surface area contributed by atoms with Crippen molar-refractivity contribution in [3.8, 4) is 0 Å². The van der Waals surface area contributed by atoms with Crippen LogP contribution in [0.5, 0.6) is 0 Å². The van der Waals surface area contributed by atoms with Crippen molar-refractivity contribution >= 4 is 22.4 Å². The van der Waals surface area contributed by atoms with E-state index in [0.717, 1.165) is 24.6 Å². The van der Waals surface area contributed by atoms with Gasteiger partial charge < -0.3 is 9.88 Å². The molecule has 0 saturated carbocycles. The Labute approximate surface area is 127 Å². The summed E-state index contributed by atoms with van der Waals surface area (Å²) in [6, 6.07) is -0.194. The fraction of sp³-hybridized carbons (Fsp3) is 0.500. The molecule has 112 valence electrons. The third-order valence-corrected chi connectivity index (χ3v) is 4.77. The zero-order chi connectivity index (χ0) is 15.0. The Balaban J connectivity index is 1.69. The zero-order valence-electron chi connectivity index (χ0n) is 12.5. The summed E-state index contributed by atoms with van der Waals surface area (Å²) in [5.41, 5.74) is 2.30. The molecule has 6 nitrogen and oxygen atoms in total. The van der Waals surface area contributed by atoms with E-state index < -0.39 is 0 Å². The average Bonchev–Trinajstić information content (AvgIpc) is 3.07. The molecule has 0 aliphatic carbocycles. The highest BCUT2D eigenvalue weighted by molar-refractivity contribution is 7.13. The number of nitrogens with zero attached hydrogens (tertiary/aromatic N) is 4. The Morgan fingerprint density at radius 2 is 2.24 bits per heavy atom. The van der Waals surface area contributed by atoms with E-state index in [1.54, 1.807) is 6.20 Å². The van der Waals surface area contributed by atoms with Crippen LogP contribution in [0.4, 0.5) is 5.13 Å². The molecule has 3 rings (SSSR count). The maximum absolute atomic E-state index is 12.3. The number of hydrogen-bond acceptors (Lipinski definition) is 5. The van der Waals surface area contributed by atoms with Gasteiger partial charge in [-0.05, 0) is 20.8 Å². The van der Waals surface area contributed by atoms with E-state index in [2.05, 4.69) is 31.7 Å². The van der Waals surface area contributed by atoms with E-state index in [1.165, 1.54) is 17.0 Å². The number of aryl methyl sites for hydroxylation is 1. The number of aromatic nitrogens is 3. The van der Waals surface area contributed by atoms with Gasteiger partial charge in [0.25, 0.3) is 0 Å². The predicted octanol–water partition coefficient (Wildman–Crippen LogP) is 1.80. The first-order valence-electron chi connectivity index (χ1n) is 7.03. The van der Waals surface area contributed by atoms with Crippen LogP contribution in [0.15, 0.2) is 11.6 Å². The molecule has 0 saturated heterocycles. The quantitative estimate of drug-likeness (QED) is 0.939.